The summed E-state index contributed by atoms with van der Waals surface area (Å²) in [6.45, 7) is 3.48. The average Bonchev–Trinajstić information content (AvgIpc) is 3.03. The maximum Gasteiger partial charge on any atom is 0.308 e. The SMILES string of the molecule is CC(=O)NC(CC(=O)OCc1cc2ccccc2o1)c1ccc(C)cc1. The summed E-state index contributed by atoms with van der Waals surface area (Å²) in [5.74, 6) is -0.00333. The molecule has 0 aliphatic heterocycles. The van der Waals surface area contributed by atoms with E-state index < -0.39 is 12.0 Å². The lowest BCUT2D eigenvalue weighted by atomic mass is 10.0. The molecule has 0 spiro atoms. The molecule has 0 bridgehead atoms. The van der Waals surface area contributed by atoms with Gasteiger partial charge in [-0.1, -0.05) is 48.0 Å². The monoisotopic (exact) mass is 351 g/mol. The number of benzene rings is 2. The molecule has 1 heterocycles. The fourth-order valence-corrected chi connectivity index (χ4v) is 2.78. The molecule has 1 unspecified atom stereocenters. The van der Waals surface area contributed by atoms with E-state index in [0.29, 0.717) is 5.76 Å². The standard InChI is InChI=1S/C21H21NO4/c1-14-7-9-16(10-8-14)19(22-15(2)23)12-21(24)25-13-18-11-17-5-3-4-6-20(17)26-18/h3-11,19H,12-13H2,1-2H3,(H,22,23). The maximum absolute atomic E-state index is 12.2. The third kappa shape index (κ3) is 4.51. The summed E-state index contributed by atoms with van der Waals surface area (Å²) in [6.07, 6.45) is 0.0584. The Hall–Kier alpha value is -3.08. The molecule has 1 atom stereocenters. The number of rotatable bonds is 6. The van der Waals surface area contributed by atoms with Crippen molar-refractivity contribution in [3.63, 3.8) is 0 Å². The van der Waals surface area contributed by atoms with E-state index in [4.69, 9.17) is 9.15 Å². The van der Waals surface area contributed by atoms with Gasteiger partial charge < -0.3 is 14.5 Å². The Morgan fingerprint density at radius 3 is 2.54 bits per heavy atom. The predicted molar refractivity (Wildman–Crippen MR) is 98.4 cm³/mol. The molecule has 5 nitrogen and oxygen atoms in total. The summed E-state index contributed by atoms with van der Waals surface area (Å²) >= 11 is 0. The molecule has 0 radical (unpaired) electrons. The Kier molecular flexibility index (Phi) is 5.37. The minimum Gasteiger partial charge on any atom is -0.457 e. The van der Waals surface area contributed by atoms with Crippen LogP contribution in [0, 0.1) is 6.92 Å². The van der Waals surface area contributed by atoms with Crippen LogP contribution in [0.25, 0.3) is 11.0 Å². The van der Waals surface area contributed by atoms with Crippen molar-refractivity contribution < 1.29 is 18.7 Å². The van der Waals surface area contributed by atoms with Gasteiger partial charge in [0.1, 0.15) is 18.0 Å². The minimum absolute atomic E-state index is 0.0584. The molecule has 3 aromatic rings. The zero-order valence-corrected chi connectivity index (χ0v) is 14.8. The van der Waals surface area contributed by atoms with Crippen molar-refractivity contribution in [2.75, 3.05) is 0 Å². The van der Waals surface area contributed by atoms with Gasteiger partial charge >= 0.3 is 5.97 Å². The van der Waals surface area contributed by atoms with E-state index in [-0.39, 0.29) is 18.9 Å². The summed E-state index contributed by atoms with van der Waals surface area (Å²) in [7, 11) is 0. The van der Waals surface area contributed by atoms with E-state index in [1.165, 1.54) is 6.92 Å². The van der Waals surface area contributed by atoms with Gasteiger partial charge in [-0.15, -0.1) is 0 Å². The van der Waals surface area contributed by atoms with E-state index in [1.54, 1.807) is 0 Å². The molecule has 1 amide bonds. The largest absolute Gasteiger partial charge is 0.457 e. The number of carbonyl (C=O) groups is 2. The van der Waals surface area contributed by atoms with Crippen LogP contribution in [0.3, 0.4) is 0 Å². The number of amides is 1. The molecule has 0 fully saturated rings. The molecule has 1 N–H and O–H groups in total. The maximum atomic E-state index is 12.2. The topological polar surface area (TPSA) is 68.5 Å². The predicted octanol–water partition coefficient (Wildman–Crippen LogP) is 4.05. The number of aryl methyl sites for hydroxylation is 1. The molecule has 134 valence electrons. The van der Waals surface area contributed by atoms with Gasteiger partial charge in [-0.2, -0.15) is 0 Å². The van der Waals surface area contributed by atoms with Crippen molar-refractivity contribution in [2.45, 2.75) is 32.9 Å². The first kappa shape index (κ1) is 17.7. The van der Waals surface area contributed by atoms with Crippen LogP contribution in [-0.4, -0.2) is 11.9 Å². The Balaban J connectivity index is 1.63. The number of esters is 1. The molecule has 26 heavy (non-hydrogen) atoms. The van der Waals surface area contributed by atoms with Crippen LogP contribution in [0.15, 0.2) is 59.0 Å². The van der Waals surface area contributed by atoms with Crippen molar-refractivity contribution >= 4 is 22.8 Å². The second kappa shape index (κ2) is 7.87. The third-order valence-corrected chi connectivity index (χ3v) is 4.08. The van der Waals surface area contributed by atoms with Gasteiger partial charge in [0.15, 0.2) is 0 Å². The van der Waals surface area contributed by atoms with E-state index in [0.717, 1.165) is 22.1 Å². The number of ether oxygens (including phenoxy) is 1. The first-order valence-corrected chi connectivity index (χ1v) is 8.48. The normalized spacial score (nSPS) is 11.9. The van der Waals surface area contributed by atoms with Crippen molar-refractivity contribution in [2.24, 2.45) is 0 Å². The third-order valence-electron chi connectivity index (χ3n) is 4.08. The molecule has 0 saturated heterocycles. The number of hydrogen-bond acceptors (Lipinski definition) is 4. The average molecular weight is 351 g/mol. The lowest BCUT2D eigenvalue weighted by Crippen LogP contribution is -2.28. The molecular formula is C21H21NO4. The second-order valence-corrected chi connectivity index (χ2v) is 6.28. The van der Waals surface area contributed by atoms with E-state index in [2.05, 4.69) is 5.32 Å². The molecule has 0 saturated carbocycles. The number of furan rings is 1. The quantitative estimate of drug-likeness (QED) is 0.680. The summed E-state index contributed by atoms with van der Waals surface area (Å²) < 4.78 is 11.0. The summed E-state index contributed by atoms with van der Waals surface area (Å²) in [4.78, 5) is 23.7. The number of nitrogens with one attached hydrogen (secondary N) is 1. The van der Waals surface area contributed by atoms with E-state index >= 15 is 0 Å². The van der Waals surface area contributed by atoms with Crippen LogP contribution in [0.1, 0.15) is 36.3 Å². The molecule has 0 aliphatic rings. The Morgan fingerprint density at radius 1 is 1.12 bits per heavy atom. The minimum atomic E-state index is -0.420. The van der Waals surface area contributed by atoms with Crippen molar-refractivity contribution in [1.29, 1.82) is 0 Å². The van der Waals surface area contributed by atoms with Crippen molar-refractivity contribution in [3.8, 4) is 0 Å². The van der Waals surface area contributed by atoms with Crippen molar-refractivity contribution in [1.82, 2.24) is 5.32 Å². The highest BCUT2D eigenvalue weighted by Gasteiger charge is 2.18. The fourth-order valence-electron chi connectivity index (χ4n) is 2.78. The van der Waals surface area contributed by atoms with Gasteiger partial charge in [-0.3, -0.25) is 9.59 Å². The molecule has 1 aromatic heterocycles. The van der Waals surface area contributed by atoms with Crippen LogP contribution in [-0.2, 0) is 20.9 Å². The molecular weight excluding hydrogens is 330 g/mol. The van der Waals surface area contributed by atoms with Gasteiger partial charge in [0.05, 0.1) is 12.5 Å². The first-order chi connectivity index (χ1) is 12.5. The van der Waals surface area contributed by atoms with E-state index in [9.17, 15) is 9.59 Å². The van der Waals surface area contributed by atoms with Crippen LogP contribution < -0.4 is 5.32 Å². The van der Waals surface area contributed by atoms with Gasteiger partial charge in [0, 0.05) is 12.3 Å². The summed E-state index contributed by atoms with van der Waals surface area (Å²) in [6, 6.07) is 16.8. The number of carbonyl (C=O) groups excluding carboxylic acids is 2. The lowest BCUT2D eigenvalue weighted by Gasteiger charge is -2.17. The Morgan fingerprint density at radius 2 is 1.85 bits per heavy atom. The highest BCUT2D eigenvalue weighted by molar-refractivity contribution is 5.78. The molecule has 5 heteroatoms. The fraction of sp³-hybridized carbons (Fsp3) is 0.238. The highest BCUT2D eigenvalue weighted by Crippen LogP contribution is 2.21. The highest BCUT2D eigenvalue weighted by atomic mass is 16.5. The smallest absolute Gasteiger partial charge is 0.308 e. The molecule has 2 aromatic carbocycles. The van der Waals surface area contributed by atoms with Gasteiger partial charge in [-0.25, -0.2) is 0 Å². The van der Waals surface area contributed by atoms with Crippen LogP contribution in [0.2, 0.25) is 0 Å². The summed E-state index contributed by atoms with van der Waals surface area (Å²) in [5, 5.41) is 3.77. The van der Waals surface area contributed by atoms with E-state index in [1.807, 2.05) is 61.5 Å². The van der Waals surface area contributed by atoms with Gasteiger partial charge in [0.2, 0.25) is 5.91 Å². The molecule has 0 aliphatic carbocycles. The zero-order valence-electron chi connectivity index (χ0n) is 14.8. The Labute approximate surface area is 152 Å². The number of hydrogen-bond donors (Lipinski definition) is 1. The Bertz CT molecular complexity index is 878. The van der Waals surface area contributed by atoms with Crippen molar-refractivity contribution in [3.05, 3.63) is 71.5 Å². The van der Waals surface area contributed by atoms with Crippen LogP contribution >= 0.6 is 0 Å². The second-order valence-electron chi connectivity index (χ2n) is 6.28. The zero-order chi connectivity index (χ0) is 18.5. The first-order valence-electron chi connectivity index (χ1n) is 8.48. The number of para-hydroxylation sites is 1. The van der Waals surface area contributed by atoms with Crippen LogP contribution in [0.5, 0.6) is 0 Å². The van der Waals surface area contributed by atoms with Gasteiger partial charge in [0.25, 0.3) is 0 Å². The van der Waals surface area contributed by atoms with Crippen LogP contribution in [0.4, 0.5) is 0 Å². The number of fused-ring (bicyclic) bond motifs is 1. The molecule has 3 rings (SSSR count). The summed E-state index contributed by atoms with van der Waals surface area (Å²) in [5.41, 5.74) is 2.74. The lowest BCUT2D eigenvalue weighted by molar-refractivity contribution is -0.146. The van der Waals surface area contributed by atoms with Gasteiger partial charge in [-0.05, 0) is 24.6 Å².